The second-order valence-electron chi connectivity index (χ2n) is 7.38. The number of anilines is 1. The van der Waals surface area contributed by atoms with Crippen molar-refractivity contribution in [2.24, 2.45) is 0 Å². The summed E-state index contributed by atoms with van der Waals surface area (Å²) < 4.78 is 0. The van der Waals surface area contributed by atoms with Gasteiger partial charge >= 0.3 is 0 Å². The van der Waals surface area contributed by atoms with Crippen LogP contribution in [-0.2, 0) is 11.3 Å². The minimum absolute atomic E-state index is 0.0156. The normalized spacial score (nSPS) is 10.7. The van der Waals surface area contributed by atoms with Crippen molar-refractivity contribution in [1.82, 2.24) is 0 Å². The van der Waals surface area contributed by atoms with Crippen LogP contribution in [0.1, 0.15) is 29.0 Å². The van der Waals surface area contributed by atoms with E-state index in [2.05, 4.69) is 36.4 Å². The molecule has 148 valence electrons. The molecule has 0 N–H and O–H groups in total. The van der Waals surface area contributed by atoms with Gasteiger partial charge in [0, 0.05) is 18.0 Å². The van der Waals surface area contributed by atoms with Gasteiger partial charge in [0.15, 0.2) is 0 Å². The molecule has 0 atom stereocenters. The van der Waals surface area contributed by atoms with E-state index in [0.717, 1.165) is 22.4 Å². The fourth-order valence-electron chi connectivity index (χ4n) is 3.78. The third-order valence-electron chi connectivity index (χ3n) is 5.34. The predicted octanol–water partition coefficient (Wildman–Crippen LogP) is 6.44. The first-order valence-corrected chi connectivity index (χ1v) is 10.3. The molecule has 4 aromatic rings. The number of carbonyl (C=O) groups is 1. The van der Waals surface area contributed by atoms with Gasteiger partial charge in [-0.25, -0.2) is 0 Å². The molecular weight excluding hydrogens is 366 g/mol. The maximum Gasteiger partial charge on any atom is 0.228 e. The third-order valence-corrected chi connectivity index (χ3v) is 5.34. The van der Waals surface area contributed by atoms with Crippen molar-refractivity contribution in [3.05, 3.63) is 138 Å². The SMILES string of the molecule is O=C(CC(c1ccccc1)c1ccccc1)N(Cc1ccccc1)c1ccccc1. The number of benzene rings is 4. The molecular formula is C28H25NO. The van der Waals surface area contributed by atoms with Crippen molar-refractivity contribution in [2.45, 2.75) is 18.9 Å². The van der Waals surface area contributed by atoms with Crippen molar-refractivity contribution in [2.75, 3.05) is 4.90 Å². The number of hydrogen-bond donors (Lipinski definition) is 0. The number of para-hydroxylation sites is 1. The molecule has 1 amide bonds. The number of rotatable bonds is 7. The van der Waals surface area contributed by atoms with Gasteiger partial charge in [-0.15, -0.1) is 0 Å². The fraction of sp³-hybridized carbons (Fsp3) is 0.107. The molecule has 2 nitrogen and oxygen atoms in total. The van der Waals surface area contributed by atoms with E-state index in [-0.39, 0.29) is 11.8 Å². The second kappa shape index (κ2) is 9.71. The van der Waals surface area contributed by atoms with Gasteiger partial charge in [0.25, 0.3) is 0 Å². The van der Waals surface area contributed by atoms with Crippen molar-refractivity contribution in [1.29, 1.82) is 0 Å². The number of nitrogens with zero attached hydrogens (tertiary/aromatic N) is 1. The average molecular weight is 392 g/mol. The standard InChI is InChI=1S/C28H25NO/c30-28(21-27(24-15-7-2-8-16-24)25-17-9-3-10-18-25)29(26-19-11-4-12-20-26)22-23-13-5-1-6-14-23/h1-20,27H,21-22H2. The molecule has 0 heterocycles. The molecule has 0 spiro atoms. The van der Waals surface area contributed by atoms with Gasteiger partial charge in [0.1, 0.15) is 0 Å². The van der Waals surface area contributed by atoms with E-state index >= 15 is 0 Å². The van der Waals surface area contributed by atoms with E-state index in [1.807, 2.05) is 89.8 Å². The molecule has 30 heavy (non-hydrogen) atoms. The smallest absolute Gasteiger partial charge is 0.228 e. The van der Waals surface area contributed by atoms with Gasteiger partial charge in [-0.05, 0) is 28.8 Å². The maximum atomic E-state index is 13.6. The molecule has 0 unspecified atom stereocenters. The number of carbonyl (C=O) groups excluding carboxylic acids is 1. The van der Waals surface area contributed by atoms with Gasteiger partial charge < -0.3 is 4.90 Å². The molecule has 0 fully saturated rings. The van der Waals surface area contributed by atoms with Crippen molar-refractivity contribution >= 4 is 11.6 Å². The fourth-order valence-corrected chi connectivity index (χ4v) is 3.78. The molecule has 0 aliphatic rings. The molecule has 0 saturated heterocycles. The van der Waals surface area contributed by atoms with Crippen molar-refractivity contribution in [3.8, 4) is 0 Å². The Morgan fingerprint density at radius 3 is 1.53 bits per heavy atom. The Bertz CT molecular complexity index is 1010. The van der Waals surface area contributed by atoms with Crippen LogP contribution >= 0.6 is 0 Å². The molecule has 0 aliphatic carbocycles. The minimum atomic E-state index is 0.0156. The van der Waals surface area contributed by atoms with Crippen LogP contribution in [0.5, 0.6) is 0 Å². The van der Waals surface area contributed by atoms with Crippen molar-refractivity contribution in [3.63, 3.8) is 0 Å². The van der Waals surface area contributed by atoms with Crippen molar-refractivity contribution < 1.29 is 4.79 Å². The highest BCUT2D eigenvalue weighted by Crippen LogP contribution is 2.30. The lowest BCUT2D eigenvalue weighted by atomic mass is 9.88. The molecule has 0 aliphatic heterocycles. The summed E-state index contributed by atoms with van der Waals surface area (Å²) in [6.45, 7) is 0.556. The van der Waals surface area contributed by atoms with E-state index in [4.69, 9.17) is 0 Å². The van der Waals surface area contributed by atoms with Crippen LogP contribution in [-0.4, -0.2) is 5.91 Å². The molecule has 4 rings (SSSR count). The van der Waals surface area contributed by atoms with Gasteiger partial charge in [-0.1, -0.05) is 109 Å². The molecule has 0 bridgehead atoms. The largest absolute Gasteiger partial charge is 0.308 e. The van der Waals surface area contributed by atoms with Gasteiger partial charge in [-0.2, -0.15) is 0 Å². The topological polar surface area (TPSA) is 20.3 Å². The van der Waals surface area contributed by atoms with Gasteiger partial charge in [0.2, 0.25) is 5.91 Å². The minimum Gasteiger partial charge on any atom is -0.308 e. The first-order chi connectivity index (χ1) is 14.8. The van der Waals surface area contributed by atoms with Crippen LogP contribution in [0, 0.1) is 0 Å². The summed E-state index contributed by atoms with van der Waals surface area (Å²) >= 11 is 0. The Morgan fingerprint density at radius 2 is 1.03 bits per heavy atom. The summed E-state index contributed by atoms with van der Waals surface area (Å²) in [5.41, 5.74) is 4.35. The zero-order valence-electron chi connectivity index (χ0n) is 16.9. The molecule has 0 aromatic heterocycles. The predicted molar refractivity (Wildman–Crippen MR) is 123 cm³/mol. The monoisotopic (exact) mass is 391 g/mol. The van der Waals surface area contributed by atoms with Gasteiger partial charge in [0.05, 0.1) is 6.54 Å². The number of amides is 1. The second-order valence-corrected chi connectivity index (χ2v) is 7.38. The van der Waals surface area contributed by atoms with Gasteiger partial charge in [-0.3, -0.25) is 4.79 Å². The molecule has 0 radical (unpaired) electrons. The van der Waals surface area contributed by atoms with E-state index in [1.54, 1.807) is 0 Å². The number of hydrogen-bond acceptors (Lipinski definition) is 1. The average Bonchev–Trinajstić information content (AvgIpc) is 2.83. The zero-order valence-corrected chi connectivity index (χ0v) is 16.9. The lowest BCUT2D eigenvalue weighted by molar-refractivity contribution is -0.119. The molecule has 2 heteroatoms. The van der Waals surface area contributed by atoms with Crippen LogP contribution in [0.15, 0.2) is 121 Å². The zero-order chi connectivity index (χ0) is 20.6. The lowest BCUT2D eigenvalue weighted by Gasteiger charge is -2.26. The van der Waals surface area contributed by atoms with Crippen LogP contribution in [0.25, 0.3) is 0 Å². The highest BCUT2D eigenvalue weighted by atomic mass is 16.2. The van der Waals surface area contributed by atoms with Crippen LogP contribution in [0.3, 0.4) is 0 Å². The Labute approximate surface area is 178 Å². The third kappa shape index (κ3) is 4.84. The summed E-state index contributed by atoms with van der Waals surface area (Å²) in [5.74, 6) is 0.129. The summed E-state index contributed by atoms with van der Waals surface area (Å²) in [5, 5.41) is 0. The Morgan fingerprint density at radius 1 is 0.600 bits per heavy atom. The molecule has 4 aromatic carbocycles. The molecule has 0 saturated carbocycles. The maximum absolute atomic E-state index is 13.6. The Hall–Kier alpha value is -3.65. The lowest BCUT2D eigenvalue weighted by Crippen LogP contribution is -2.31. The van der Waals surface area contributed by atoms with E-state index < -0.39 is 0 Å². The summed E-state index contributed by atoms with van der Waals surface area (Å²) in [6.07, 6.45) is 0.412. The van der Waals surface area contributed by atoms with E-state index in [1.165, 1.54) is 0 Å². The van der Waals surface area contributed by atoms with Crippen LogP contribution in [0.2, 0.25) is 0 Å². The van der Waals surface area contributed by atoms with Crippen LogP contribution < -0.4 is 4.90 Å². The summed E-state index contributed by atoms with van der Waals surface area (Å²) in [7, 11) is 0. The van der Waals surface area contributed by atoms with E-state index in [9.17, 15) is 4.79 Å². The van der Waals surface area contributed by atoms with E-state index in [0.29, 0.717) is 13.0 Å². The Balaban J connectivity index is 1.65. The Kier molecular flexibility index (Phi) is 6.36. The first-order valence-electron chi connectivity index (χ1n) is 10.3. The highest BCUT2D eigenvalue weighted by molar-refractivity contribution is 5.94. The van der Waals surface area contributed by atoms with Crippen LogP contribution in [0.4, 0.5) is 5.69 Å². The highest BCUT2D eigenvalue weighted by Gasteiger charge is 2.23. The quantitative estimate of drug-likeness (QED) is 0.355. The summed E-state index contributed by atoms with van der Waals surface area (Å²) in [4.78, 5) is 15.5. The summed E-state index contributed by atoms with van der Waals surface area (Å²) in [6, 6.07) is 40.7. The first kappa shape index (κ1) is 19.7.